The summed E-state index contributed by atoms with van der Waals surface area (Å²) < 4.78 is 1.54. The average Bonchev–Trinajstić information content (AvgIpc) is 3.52. The van der Waals surface area contributed by atoms with Gasteiger partial charge in [-0.1, -0.05) is 42.5 Å². The Balaban J connectivity index is 1.45. The number of nitrogens with one attached hydrogen (secondary N) is 3. The largest absolute Gasteiger partial charge is 0.390 e. The molecule has 2 aliphatic carbocycles. The molecule has 8 nitrogen and oxygen atoms in total. The van der Waals surface area contributed by atoms with Crippen LogP contribution in [0.2, 0.25) is 0 Å². The van der Waals surface area contributed by atoms with Gasteiger partial charge in [0.1, 0.15) is 5.82 Å². The molecule has 0 saturated heterocycles. The molecule has 8 heteroatoms. The fraction of sp³-hybridized carbons (Fsp3) is 0.292. The normalized spacial score (nSPS) is 20.0. The molecule has 2 aromatic carbocycles. The van der Waals surface area contributed by atoms with Crippen molar-refractivity contribution in [2.75, 3.05) is 12.4 Å². The minimum atomic E-state index is -0.674. The molecule has 1 saturated carbocycles. The number of benzene rings is 2. The van der Waals surface area contributed by atoms with Gasteiger partial charge in [-0.2, -0.15) is 5.10 Å². The summed E-state index contributed by atoms with van der Waals surface area (Å²) in [6, 6.07) is 16.2. The second-order valence-corrected chi connectivity index (χ2v) is 8.41. The first kappa shape index (κ1) is 20.3. The molecule has 2 aliphatic rings. The number of hydrogen-bond donors (Lipinski definition) is 4. The summed E-state index contributed by atoms with van der Waals surface area (Å²) in [5, 5.41) is 23.8. The summed E-state index contributed by atoms with van der Waals surface area (Å²) >= 11 is 0. The highest BCUT2D eigenvalue weighted by molar-refractivity contribution is 5.97. The number of aliphatic hydroxyl groups excluding tert-OH is 1. The van der Waals surface area contributed by atoms with Crippen LogP contribution in [0.25, 0.3) is 5.69 Å². The highest BCUT2D eigenvalue weighted by atomic mass is 16.3. The summed E-state index contributed by atoms with van der Waals surface area (Å²) in [4.78, 5) is 25.4. The number of aromatic nitrogens is 2. The summed E-state index contributed by atoms with van der Waals surface area (Å²) in [5.74, 6) is 0.0608. The Morgan fingerprint density at radius 2 is 1.78 bits per heavy atom. The minimum Gasteiger partial charge on any atom is -0.390 e. The third-order valence-corrected chi connectivity index (χ3v) is 6.59. The number of hydrogen-bond acceptors (Lipinski definition) is 4. The van der Waals surface area contributed by atoms with Crippen LogP contribution in [0.15, 0.2) is 54.6 Å². The predicted octanol–water partition coefficient (Wildman–Crippen LogP) is 2.81. The second-order valence-electron chi connectivity index (χ2n) is 8.41. The molecule has 3 amide bonds. The summed E-state index contributed by atoms with van der Waals surface area (Å²) in [6.07, 6.45) is 1.16. The van der Waals surface area contributed by atoms with Crippen LogP contribution >= 0.6 is 0 Å². The number of carbonyl (C=O) groups is 2. The Bertz CT molecular complexity index is 1200. The molecule has 2 atom stereocenters. The third kappa shape index (κ3) is 3.06. The average molecular weight is 431 g/mol. The van der Waals surface area contributed by atoms with Crippen LogP contribution in [0.5, 0.6) is 0 Å². The van der Waals surface area contributed by atoms with Crippen molar-refractivity contribution >= 4 is 17.8 Å². The van der Waals surface area contributed by atoms with Crippen LogP contribution < -0.4 is 16.0 Å². The molecule has 5 rings (SSSR count). The fourth-order valence-corrected chi connectivity index (χ4v) is 4.74. The van der Waals surface area contributed by atoms with Crippen molar-refractivity contribution in [3.8, 4) is 5.69 Å². The zero-order valence-corrected chi connectivity index (χ0v) is 17.9. The Kier molecular flexibility index (Phi) is 4.74. The summed E-state index contributed by atoms with van der Waals surface area (Å²) in [7, 11) is 1.54. The number of fused-ring (bicyclic) bond motifs is 2. The van der Waals surface area contributed by atoms with E-state index in [4.69, 9.17) is 0 Å². The highest BCUT2D eigenvalue weighted by Crippen LogP contribution is 2.59. The van der Waals surface area contributed by atoms with E-state index in [1.54, 1.807) is 11.6 Å². The molecular weight excluding hydrogens is 406 g/mol. The van der Waals surface area contributed by atoms with E-state index in [1.807, 2.05) is 54.6 Å². The Hall–Kier alpha value is -3.65. The van der Waals surface area contributed by atoms with Gasteiger partial charge in [-0.05, 0) is 43.0 Å². The van der Waals surface area contributed by atoms with Crippen molar-refractivity contribution in [3.63, 3.8) is 0 Å². The maximum absolute atomic E-state index is 13.1. The molecule has 2 unspecified atom stereocenters. The fourth-order valence-electron chi connectivity index (χ4n) is 4.74. The lowest BCUT2D eigenvalue weighted by molar-refractivity contribution is 0.0957. The van der Waals surface area contributed by atoms with Crippen LogP contribution in [0.3, 0.4) is 0 Å². The van der Waals surface area contributed by atoms with Gasteiger partial charge in [0.15, 0.2) is 5.69 Å². The number of para-hydroxylation sites is 1. The van der Waals surface area contributed by atoms with Gasteiger partial charge in [-0.3, -0.25) is 10.1 Å². The lowest BCUT2D eigenvalue weighted by Crippen LogP contribution is -2.39. The number of urea groups is 1. The number of aliphatic hydroxyl groups is 1. The van der Waals surface area contributed by atoms with E-state index in [1.165, 1.54) is 7.05 Å². The van der Waals surface area contributed by atoms with Crippen LogP contribution in [0.4, 0.5) is 10.6 Å². The maximum Gasteiger partial charge on any atom is 0.320 e. The number of nitrogens with zero attached hydrogens (tertiary/aromatic N) is 2. The number of anilines is 1. The quantitative estimate of drug-likeness (QED) is 0.509. The topological polar surface area (TPSA) is 108 Å². The van der Waals surface area contributed by atoms with E-state index in [0.29, 0.717) is 17.1 Å². The highest BCUT2D eigenvalue weighted by Gasteiger charge is 2.59. The first-order chi connectivity index (χ1) is 15.5. The zero-order chi connectivity index (χ0) is 22.5. The summed E-state index contributed by atoms with van der Waals surface area (Å²) in [6.45, 7) is 1.74. The molecule has 32 heavy (non-hydrogen) atoms. The van der Waals surface area contributed by atoms with Gasteiger partial charge in [0, 0.05) is 18.0 Å². The van der Waals surface area contributed by atoms with E-state index in [9.17, 15) is 14.7 Å². The monoisotopic (exact) mass is 431 g/mol. The summed E-state index contributed by atoms with van der Waals surface area (Å²) in [5.41, 5.74) is 3.31. The Labute approximate surface area is 185 Å². The van der Waals surface area contributed by atoms with Crippen molar-refractivity contribution in [3.05, 3.63) is 77.0 Å². The van der Waals surface area contributed by atoms with Crippen molar-refractivity contribution in [1.29, 1.82) is 0 Å². The van der Waals surface area contributed by atoms with Gasteiger partial charge in [0.05, 0.1) is 17.8 Å². The van der Waals surface area contributed by atoms with Crippen molar-refractivity contribution in [2.45, 2.75) is 37.3 Å². The minimum absolute atomic E-state index is 0.231. The SMILES string of the molecule is CNC(=O)c1nn(-c2ccccc2)c(NC(=O)NC2c3ccccc3C3(CC3)C2O)c1C. The molecule has 1 fully saturated rings. The van der Waals surface area contributed by atoms with Crippen LogP contribution in [-0.2, 0) is 5.41 Å². The lowest BCUT2D eigenvalue weighted by Gasteiger charge is -2.21. The molecule has 4 N–H and O–H groups in total. The number of rotatable bonds is 4. The van der Waals surface area contributed by atoms with Crippen molar-refractivity contribution in [2.24, 2.45) is 0 Å². The molecule has 0 aliphatic heterocycles. The molecule has 164 valence electrons. The lowest BCUT2D eigenvalue weighted by atomic mass is 9.97. The van der Waals surface area contributed by atoms with E-state index in [-0.39, 0.29) is 17.0 Å². The van der Waals surface area contributed by atoms with Crippen LogP contribution in [0.1, 0.15) is 46.1 Å². The molecule has 3 aromatic rings. The van der Waals surface area contributed by atoms with Gasteiger partial charge in [0.2, 0.25) is 0 Å². The van der Waals surface area contributed by atoms with Crippen LogP contribution in [0, 0.1) is 6.92 Å². The molecule has 1 heterocycles. The van der Waals surface area contributed by atoms with E-state index in [2.05, 4.69) is 21.0 Å². The van der Waals surface area contributed by atoms with Crippen LogP contribution in [-0.4, -0.2) is 40.0 Å². The van der Waals surface area contributed by atoms with Crippen molar-refractivity contribution in [1.82, 2.24) is 20.4 Å². The number of carbonyl (C=O) groups excluding carboxylic acids is 2. The van der Waals surface area contributed by atoms with Crippen molar-refractivity contribution < 1.29 is 14.7 Å². The maximum atomic E-state index is 13.1. The second kappa shape index (κ2) is 7.49. The van der Waals surface area contributed by atoms with Gasteiger partial charge in [0.25, 0.3) is 5.91 Å². The van der Waals surface area contributed by atoms with E-state index in [0.717, 1.165) is 24.0 Å². The van der Waals surface area contributed by atoms with Gasteiger partial charge in [-0.15, -0.1) is 0 Å². The first-order valence-corrected chi connectivity index (χ1v) is 10.7. The Morgan fingerprint density at radius 1 is 1.09 bits per heavy atom. The first-order valence-electron chi connectivity index (χ1n) is 10.7. The van der Waals surface area contributed by atoms with E-state index < -0.39 is 18.2 Å². The van der Waals surface area contributed by atoms with E-state index >= 15 is 0 Å². The molecule has 0 bridgehead atoms. The molecule has 1 aromatic heterocycles. The van der Waals surface area contributed by atoms with Gasteiger partial charge < -0.3 is 15.7 Å². The molecular formula is C24H25N5O3. The number of amides is 3. The zero-order valence-electron chi connectivity index (χ0n) is 17.9. The molecule has 0 radical (unpaired) electrons. The predicted molar refractivity (Wildman–Crippen MR) is 120 cm³/mol. The third-order valence-electron chi connectivity index (χ3n) is 6.59. The smallest absolute Gasteiger partial charge is 0.320 e. The standard InChI is InChI=1S/C24H25N5O3/c1-14-18(22(31)25-2)28-29(15-8-4-3-5-9-15)21(14)27-23(32)26-19-16-10-6-7-11-17(16)24(12-13-24)20(19)30/h3-11,19-20,30H,12-13H2,1-2H3,(H,25,31)(H2,26,27,32). The molecule has 1 spiro atoms. The van der Waals surface area contributed by atoms with Gasteiger partial charge in [-0.25, -0.2) is 9.48 Å². The Morgan fingerprint density at radius 3 is 2.47 bits per heavy atom. The van der Waals surface area contributed by atoms with Gasteiger partial charge >= 0.3 is 6.03 Å².